The molecule has 3 aromatic rings. The Morgan fingerprint density at radius 2 is 2.16 bits per heavy atom. The highest BCUT2D eigenvalue weighted by molar-refractivity contribution is 9.10. The van der Waals surface area contributed by atoms with Crippen LogP contribution in [-0.4, -0.2) is 33.4 Å². The van der Waals surface area contributed by atoms with Crippen LogP contribution in [0.25, 0.3) is 11.0 Å². The molecule has 5 heteroatoms. The highest BCUT2D eigenvalue weighted by atomic mass is 79.9. The van der Waals surface area contributed by atoms with E-state index < -0.39 is 0 Å². The van der Waals surface area contributed by atoms with E-state index in [9.17, 15) is 4.79 Å². The van der Waals surface area contributed by atoms with Gasteiger partial charge in [-0.05, 0) is 60.7 Å². The van der Waals surface area contributed by atoms with Crippen LogP contribution in [0.2, 0.25) is 0 Å². The normalized spacial score (nSPS) is 22.0. The van der Waals surface area contributed by atoms with Crippen molar-refractivity contribution in [2.75, 3.05) is 6.54 Å². The molecule has 25 heavy (non-hydrogen) atoms. The van der Waals surface area contributed by atoms with E-state index in [-0.39, 0.29) is 11.9 Å². The number of carbonyl (C=O) groups excluding carboxylic acids is 1. The van der Waals surface area contributed by atoms with Gasteiger partial charge < -0.3 is 9.88 Å². The van der Waals surface area contributed by atoms with E-state index in [2.05, 4.69) is 49.0 Å². The van der Waals surface area contributed by atoms with Gasteiger partial charge in [0.25, 0.3) is 5.91 Å². The van der Waals surface area contributed by atoms with E-state index >= 15 is 0 Å². The van der Waals surface area contributed by atoms with Crippen molar-refractivity contribution in [1.29, 1.82) is 0 Å². The molecular weight excluding hydrogens is 378 g/mol. The molecule has 2 aliphatic rings. The number of fused-ring (bicyclic) bond motifs is 4. The molecule has 5 rings (SSSR count). The van der Waals surface area contributed by atoms with Gasteiger partial charge in [0.05, 0.1) is 17.4 Å². The summed E-state index contributed by atoms with van der Waals surface area (Å²) in [6.07, 6.45) is 4.86. The Labute approximate surface area is 154 Å². The van der Waals surface area contributed by atoms with Crippen LogP contribution in [0.5, 0.6) is 0 Å². The molecule has 1 aliphatic heterocycles. The lowest BCUT2D eigenvalue weighted by Crippen LogP contribution is -2.46. The number of imidazole rings is 1. The number of hydrogen-bond acceptors (Lipinski definition) is 2. The molecule has 4 nitrogen and oxygen atoms in total. The molecule has 2 atom stereocenters. The number of nitrogens with zero attached hydrogens (tertiary/aromatic N) is 2. The maximum Gasteiger partial charge on any atom is 0.254 e. The smallest absolute Gasteiger partial charge is 0.254 e. The summed E-state index contributed by atoms with van der Waals surface area (Å²) in [5, 5.41) is 0. The molecule has 0 bridgehead atoms. The number of H-pyrrole nitrogens is 1. The minimum absolute atomic E-state index is 0.137. The minimum Gasteiger partial charge on any atom is -0.345 e. The van der Waals surface area contributed by atoms with Gasteiger partial charge in [0.15, 0.2) is 0 Å². The monoisotopic (exact) mass is 395 g/mol. The van der Waals surface area contributed by atoms with Crippen molar-refractivity contribution in [3.05, 3.63) is 63.9 Å². The second-order valence-electron chi connectivity index (χ2n) is 7.00. The van der Waals surface area contributed by atoms with Gasteiger partial charge in [0, 0.05) is 28.5 Å². The van der Waals surface area contributed by atoms with Crippen molar-refractivity contribution in [3.63, 3.8) is 0 Å². The van der Waals surface area contributed by atoms with E-state index in [0.29, 0.717) is 5.92 Å². The van der Waals surface area contributed by atoms with Crippen LogP contribution < -0.4 is 0 Å². The van der Waals surface area contributed by atoms with Crippen LogP contribution in [0.15, 0.2) is 47.2 Å². The zero-order chi connectivity index (χ0) is 17.0. The number of aromatic amines is 1. The van der Waals surface area contributed by atoms with Gasteiger partial charge in [0.2, 0.25) is 0 Å². The van der Waals surface area contributed by atoms with E-state index in [1.54, 1.807) is 6.33 Å². The quantitative estimate of drug-likeness (QED) is 0.668. The van der Waals surface area contributed by atoms with Crippen molar-refractivity contribution >= 4 is 32.9 Å². The Morgan fingerprint density at radius 3 is 3.08 bits per heavy atom. The maximum absolute atomic E-state index is 13.2. The number of halogens is 1. The summed E-state index contributed by atoms with van der Waals surface area (Å²) >= 11 is 3.57. The number of likely N-dealkylation sites (tertiary alicyclic amines) is 1. The van der Waals surface area contributed by atoms with Crippen LogP contribution in [0.4, 0.5) is 0 Å². The number of carbonyl (C=O) groups is 1. The largest absolute Gasteiger partial charge is 0.345 e. The second kappa shape index (κ2) is 5.70. The summed E-state index contributed by atoms with van der Waals surface area (Å²) < 4.78 is 1.12. The third kappa shape index (κ3) is 2.41. The number of hydrogen-bond donors (Lipinski definition) is 1. The van der Waals surface area contributed by atoms with Gasteiger partial charge >= 0.3 is 0 Å². The molecule has 2 aromatic carbocycles. The Morgan fingerprint density at radius 1 is 1.24 bits per heavy atom. The van der Waals surface area contributed by atoms with Crippen LogP contribution >= 0.6 is 15.9 Å². The summed E-state index contributed by atoms with van der Waals surface area (Å²) in [5.41, 5.74) is 5.36. The van der Waals surface area contributed by atoms with Gasteiger partial charge in [-0.1, -0.05) is 22.0 Å². The molecule has 1 saturated heterocycles. The summed E-state index contributed by atoms with van der Waals surface area (Å²) in [7, 11) is 0. The average molecular weight is 396 g/mol. The molecule has 1 aliphatic carbocycles. The molecule has 1 fully saturated rings. The predicted octanol–water partition coefficient (Wildman–Crippen LogP) is 4.27. The maximum atomic E-state index is 13.2. The first kappa shape index (κ1) is 15.1. The van der Waals surface area contributed by atoms with Crippen LogP contribution in [0.1, 0.15) is 40.2 Å². The van der Waals surface area contributed by atoms with Gasteiger partial charge in [0.1, 0.15) is 0 Å². The zero-order valence-electron chi connectivity index (χ0n) is 13.7. The second-order valence-corrected chi connectivity index (χ2v) is 7.91. The van der Waals surface area contributed by atoms with Crippen molar-refractivity contribution in [2.24, 2.45) is 0 Å². The Kier molecular flexibility index (Phi) is 3.45. The molecule has 1 aromatic heterocycles. The molecule has 1 amide bonds. The zero-order valence-corrected chi connectivity index (χ0v) is 15.3. The third-order valence-corrected chi connectivity index (χ3v) is 6.13. The van der Waals surface area contributed by atoms with Crippen LogP contribution in [0, 0.1) is 0 Å². The van der Waals surface area contributed by atoms with E-state index in [1.165, 1.54) is 17.5 Å². The van der Waals surface area contributed by atoms with Gasteiger partial charge in [-0.2, -0.15) is 0 Å². The number of piperidine rings is 1. The Bertz CT molecular complexity index is 980. The summed E-state index contributed by atoms with van der Waals surface area (Å²) in [6.45, 7) is 0.843. The van der Waals surface area contributed by atoms with E-state index in [1.807, 2.05) is 18.2 Å². The molecule has 0 radical (unpaired) electrons. The third-order valence-electron chi connectivity index (χ3n) is 5.64. The number of aromatic nitrogens is 2. The van der Waals surface area contributed by atoms with Crippen LogP contribution in [-0.2, 0) is 6.42 Å². The molecule has 0 spiro atoms. The molecular formula is C20H18BrN3O. The lowest BCUT2D eigenvalue weighted by Gasteiger charge is -2.38. The highest BCUT2D eigenvalue weighted by Gasteiger charge is 2.40. The standard InChI is InChI=1S/C20H18BrN3O/c21-14-4-5-15-13(8-14)10-19-16(15)2-1-7-24(19)20(25)12-3-6-17-18(9-12)23-11-22-17/h3-6,8-9,11,16,19H,1-2,7,10H2,(H,22,23)/t16?,19-/m0/s1. The number of benzene rings is 2. The van der Waals surface area contributed by atoms with Gasteiger partial charge in [-0.3, -0.25) is 4.79 Å². The lowest BCUT2D eigenvalue weighted by molar-refractivity contribution is 0.0595. The van der Waals surface area contributed by atoms with Crippen LogP contribution in [0.3, 0.4) is 0 Å². The Hall–Kier alpha value is -2.14. The van der Waals surface area contributed by atoms with Gasteiger partial charge in [-0.15, -0.1) is 0 Å². The first-order valence-corrected chi connectivity index (χ1v) is 9.52. The minimum atomic E-state index is 0.137. The molecule has 126 valence electrons. The lowest BCUT2D eigenvalue weighted by atomic mass is 9.88. The fraction of sp³-hybridized carbons (Fsp3) is 0.300. The first-order valence-electron chi connectivity index (χ1n) is 8.73. The van der Waals surface area contributed by atoms with Crippen molar-refractivity contribution in [1.82, 2.24) is 14.9 Å². The summed E-state index contributed by atoms with van der Waals surface area (Å²) in [6, 6.07) is 12.6. The number of rotatable bonds is 1. The Balaban J connectivity index is 1.48. The number of amides is 1. The fourth-order valence-corrected chi connectivity index (χ4v) is 4.91. The summed E-state index contributed by atoms with van der Waals surface area (Å²) in [4.78, 5) is 22.6. The van der Waals surface area contributed by atoms with Crippen molar-refractivity contribution in [2.45, 2.75) is 31.2 Å². The summed E-state index contributed by atoms with van der Waals surface area (Å²) in [5.74, 6) is 0.606. The average Bonchev–Trinajstić information content (AvgIpc) is 3.23. The highest BCUT2D eigenvalue weighted by Crippen LogP contribution is 2.43. The predicted molar refractivity (Wildman–Crippen MR) is 101 cm³/mol. The fourth-order valence-electron chi connectivity index (χ4n) is 4.50. The SMILES string of the molecule is O=C(c1ccc2nc[nH]c2c1)N1CCCC2c3ccc(Br)cc3C[C@@H]21. The van der Waals surface area contributed by atoms with E-state index in [0.717, 1.165) is 40.5 Å². The van der Waals surface area contributed by atoms with E-state index in [4.69, 9.17) is 0 Å². The molecule has 2 heterocycles. The van der Waals surface area contributed by atoms with Crippen molar-refractivity contribution in [3.8, 4) is 0 Å². The van der Waals surface area contributed by atoms with Crippen molar-refractivity contribution < 1.29 is 4.79 Å². The first-order chi connectivity index (χ1) is 12.2. The number of nitrogens with one attached hydrogen (secondary N) is 1. The molecule has 1 unspecified atom stereocenters. The molecule has 1 N–H and O–H groups in total. The molecule has 0 saturated carbocycles. The topological polar surface area (TPSA) is 49.0 Å². The van der Waals surface area contributed by atoms with Gasteiger partial charge in [-0.25, -0.2) is 4.98 Å².